The molecule has 2 aromatic carbocycles. The number of benzene rings is 2. The molecule has 1 aliphatic rings. The molecule has 27 heavy (non-hydrogen) atoms. The molecule has 146 valence electrons. The zero-order valence-corrected chi connectivity index (χ0v) is 16.6. The maximum atomic E-state index is 13.8. The smallest absolute Gasteiger partial charge is 0.255 e. The van der Waals surface area contributed by atoms with Crippen LogP contribution in [0.2, 0.25) is 0 Å². The van der Waals surface area contributed by atoms with Crippen LogP contribution in [0.1, 0.15) is 61.9 Å². The first kappa shape index (κ1) is 20.9. The van der Waals surface area contributed by atoms with E-state index >= 15 is 0 Å². The van der Waals surface area contributed by atoms with Crippen molar-refractivity contribution >= 4 is 5.91 Å². The minimum Gasteiger partial charge on any atom is -0.496 e. The third-order valence-electron chi connectivity index (χ3n) is 5.19. The number of carbonyl (C=O) groups excluding carboxylic acids is 1. The Kier molecular flexibility index (Phi) is 7.83. The largest absolute Gasteiger partial charge is 0.496 e. The summed E-state index contributed by atoms with van der Waals surface area (Å²) < 4.78 is 19.0. The van der Waals surface area contributed by atoms with Crippen molar-refractivity contribution in [2.75, 3.05) is 13.7 Å². The van der Waals surface area contributed by atoms with Crippen molar-refractivity contribution < 1.29 is 13.9 Å². The van der Waals surface area contributed by atoms with Crippen molar-refractivity contribution in [2.24, 2.45) is 0 Å². The lowest BCUT2D eigenvalue weighted by Crippen LogP contribution is -2.42. The molecular formula is C23H30FNO2. The Labute approximate surface area is 161 Å². The Morgan fingerprint density at radius 2 is 1.78 bits per heavy atom. The van der Waals surface area contributed by atoms with E-state index in [1.807, 2.05) is 32.0 Å². The molecule has 1 saturated carbocycles. The van der Waals surface area contributed by atoms with Crippen LogP contribution >= 0.6 is 0 Å². The van der Waals surface area contributed by atoms with Crippen LogP contribution in [0.15, 0.2) is 48.5 Å². The summed E-state index contributed by atoms with van der Waals surface area (Å²) in [7, 11) is 1.56. The van der Waals surface area contributed by atoms with Crippen molar-refractivity contribution in [1.82, 2.24) is 5.32 Å². The van der Waals surface area contributed by atoms with Crippen LogP contribution in [-0.4, -0.2) is 19.6 Å². The number of nitrogens with one attached hydrogen (secondary N) is 1. The molecule has 0 atom stereocenters. The highest BCUT2D eigenvalue weighted by molar-refractivity contribution is 5.96. The van der Waals surface area contributed by atoms with Gasteiger partial charge in [-0.1, -0.05) is 57.4 Å². The van der Waals surface area contributed by atoms with Crippen LogP contribution < -0.4 is 10.1 Å². The fourth-order valence-corrected chi connectivity index (χ4v) is 3.79. The number of amides is 1. The second-order valence-electron chi connectivity index (χ2n) is 6.73. The van der Waals surface area contributed by atoms with E-state index in [2.05, 4.69) is 5.32 Å². The fraction of sp³-hybridized carbons (Fsp3) is 0.435. The highest BCUT2D eigenvalue weighted by atomic mass is 19.1. The number of hydrogen-bond acceptors (Lipinski definition) is 2. The third-order valence-corrected chi connectivity index (χ3v) is 5.19. The highest BCUT2D eigenvalue weighted by Gasteiger charge is 2.34. The van der Waals surface area contributed by atoms with Crippen LogP contribution in [0.5, 0.6) is 5.75 Å². The Balaban J connectivity index is 0.00000126. The van der Waals surface area contributed by atoms with E-state index in [1.54, 1.807) is 31.4 Å². The summed E-state index contributed by atoms with van der Waals surface area (Å²) in [6.07, 6.45) is 5.31. The maximum absolute atomic E-state index is 13.8. The van der Waals surface area contributed by atoms with E-state index in [0.717, 1.165) is 31.2 Å². The molecule has 0 aromatic heterocycles. The minimum atomic E-state index is -0.224. The molecule has 0 aliphatic heterocycles. The predicted octanol–water partition coefficient (Wildman–Crippen LogP) is 5.49. The number of carbonyl (C=O) groups is 1. The maximum Gasteiger partial charge on any atom is 0.255 e. The molecule has 4 heteroatoms. The molecule has 0 unspecified atom stereocenters. The summed E-state index contributed by atoms with van der Waals surface area (Å²) in [5.41, 5.74) is 1.31. The number of rotatable bonds is 5. The normalized spacial score (nSPS) is 15.3. The summed E-state index contributed by atoms with van der Waals surface area (Å²) >= 11 is 0. The molecule has 2 aromatic rings. The van der Waals surface area contributed by atoms with Gasteiger partial charge in [0.2, 0.25) is 0 Å². The topological polar surface area (TPSA) is 38.3 Å². The molecule has 0 spiro atoms. The summed E-state index contributed by atoms with van der Waals surface area (Å²) in [6, 6.07) is 14.0. The average molecular weight is 371 g/mol. The van der Waals surface area contributed by atoms with Crippen LogP contribution in [0.25, 0.3) is 0 Å². The lowest BCUT2D eigenvalue weighted by molar-refractivity contribution is 0.0933. The van der Waals surface area contributed by atoms with Gasteiger partial charge in [0.1, 0.15) is 11.6 Å². The van der Waals surface area contributed by atoms with Gasteiger partial charge in [0.05, 0.1) is 12.7 Å². The molecule has 3 rings (SSSR count). The monoisotopic (exact) mass is 371 g/mol. The molecule has 1 amide bonds. The minimum absolute atomic E-state index is 0.154. The van der Waals surface area contributed by atoms with Crippen molar-refractivity contribution in [1.29, 1.82) is 0 Å². The van der Waals surface area contributed by atoms with Crippen molar-refractivity contribution in [3.63, 3.8) is 0 Å². The molecule has 0 bridgehead atoms. The molecular weight excluding hydrogens is 341 g/mol. The first-order valence-electron chi connectivity index (χ1n) is 9.82. The summed E-state index contributed by atoms with van der Waals surface area (Å²) in [4.78, 5) is 12.6. The van der Waals surface area contributed by atoms with Gasteiger partial charge < -0.3 is 10.1 Å². The van der Waals surface area contributed by atoms with Crippen LogP contribution in [-0.2, 0) is 5.41 Å². The quantitative estimate of drug-likeness (QED) is 0.754. The molecule has 0 radical (unpaired) electrons. The van der Waals surface area contributed by atoms with Crippen molar-refractivity contribution in [3.8, 4) is 5.75 Å². The standard InChI is InChI=1S/C21H24FNO2.C2H6/c1-25-19-11-4-3-10-18(19)20(24)23-15-21(12-5-2-6-13-21)16-8-7-9-17(22)14-16;1-2/h3-4,7-11,14H,2,5-6,12-13,15H2,1H3,(H,23,24);1-2H3. The predicted molar refractivity (Wildman–Crippen MR) is 108 cm³/mol. The Morgan fingerprint density at radius 1 is 1.07 bits per heavy atom. The lowest BCUT2D eigenvalue weighted by Gasteiger charge is -2.38. The Morgan fingerprint density at radius 3 is 2.44 bits per heavy atom. The van der Waals surface area contributed by atoms with Gasteiger partial charge in [-0.2, -0.15) is 0 Å². The van der Waals surface area contributed by atoms with Gasteiger partial charge in [0.25, 0.3) is 5.91 Å². The van der Waals surface area contributed by atoms with E-state index in [9.17, 15) is 9.18 Å². The number of methoxy groups -OCH3 is 1. The van der Waals surface area contributed by atoms with Crippen LogP contribution in [0, 0.1) is 5.82 Å². The van der Waals surface area contributed by atoms with Gasteiger partial charge in [-0.05, 0) is 42.7 Å². The van der Waals surface area contributed by atoms with E-state index in [-0.39, 0.29) is 17.1 Å². The third kappa shape index (κ3) is 5.09. The second kappa shape index (κ2) is 10.1. The summed E-state index contributed by atoms with van der Waals surface area (Å²) in [6.45, 7) is 4.51. The first-order valence-corrected chi connectivity index (χ1v) is 9.82. The van der Waals surface area contributed by atoms with Gasteiger partial charge in [-0.25, -0.2) is 4.39 Å². The molecule has 3 nitrogen and oxygen atoms in total. The van der Waals surface area contributed by atoms with Crippen LogP contribution in [0.4, 0.5) is 4.39 Å². The number of hydrogen-bond donors (Lipinski definition) is 1. The average Bonchev–Trinajstić information content (AvgIpc) is 2.74. The van der Waals surface area contributed by atoms with Gasteiger partial charge >= 0.3 is 0 Å². The zero-order valence-electron chi connectivity index (χ0n) is 16.6. The second-order valence-corrected chi connectivity index (χ2v) is 6.73. The summed E-state index contributed by atoms with van der Waals surface area (Å²) in [5.74, 6) is 0.181. The molecule has 0 heterocycles. The molecule has 1 N–H and O–H groups in total. The van der Waals surface area contributed by atoms with E-state index in [0.29, 0.717) is 17.9 Å². The van der Waals surface area contributed by atoms with E-state index in [4.69, 9.17) is 4.74 Å². The van der Waals surface area contributed by atoms with Gasteiger partial charge in [0, 0.05) is 12.0 Å². The highest BCUT2D eigenvalue weighted by Crippen LogP contribution is 2.39. The number of para-hydroxylation sites is 1. The van der Waals surface area contributed by atoms with Gasteiger partial charge in [0.15, 0.2) is 0 Å². The van der Waals surface area contributed by atoms with E-state index < -0.39 is 0 Å². The number of ether oxygens (including phenoxy) is 1. The first-order chi connectivity index (χ1) is 13.1. The molecule has 1 fully saturated rings. The fourth-order valence-electron chi connectivity index (χ4n) is 3.79. The van der Waals surface area contributed by atoms with Gasteiger partial charge in [-0.3, -0.25) is 4.79 Å². The number of halogens is 1. The molecule has 0 saturated heterocycles. The Bertz CT molecular complexity index is 739. The molecule has 1 aliphatic carbocycles. The lowest BCUT2D eigenvalue weighted by atomic mass is 9.69. The summed E-state index contributed by atoms with van der Waals surface area (Å²) in [5, 5.41) is 3.06. The van der Waals surface area contributed by atoms with Crippen molar-refractivity contribution in [3.05, 3.63) is 65.5 Å². The van der Waals surface area contributed by atoms with E-state index in [1.165, 1.54) is 12.5 Å². The van der Waals surface area contributed by atoms with Crippen molar-refractivity contribution in [2.45, 2.75) is 51.4 Å². The zero-order chi connectivity index (χ0) is 19.7. The SMILES string of the molecule is CC.COc1ccccc1C(=O)NCC1(c2cccc(F)c2)CCCCC1. The Hall–Kier alpha value is -2.36. The van der Waals surface area contributed by atoms with Gasteiger partial charge in [-0.15, -0.1) is 0 Å². The van der Waals surface area contributed by atoms with Crippen LogP contribution in [0.3, 0.4) is 0 Å².